The molecule has 0 aliphatic heterocycles. The van der Waals surface area contributed by atoms with E-state index in [9.17, 15) is 0 Å². The monoisotopic (exact) mass is 250 g/mol. The molecule has 90 valence electrons. The summed E-state index contributed by atoms with van der Waals surface area (Å²) < 4.78 is 0. The summed E-state index contributed by atoms with van der Waals surface area (Å²) in [7, 11) is 0. The Morgan fingerprint density at radius 3 is 2.94 bits per heavy atom. The van der Waals surface area contributed by atoms with Crippen LogP contribution in [0.3, 0.4) is 0 Å². The number of nitrogens with zero attached hydrogens (tertiary/aromatic N) is 1. The third-order valence-electron chi connectivity index (χ3n) is 2.60. The summed E-state index contributed by atoms with van der Waals surface area (Å²) in [5.74, 6) is 0. The van der Waals surface area contributed by atoms with E-state index in [0.717, 1.165) is 16.5 Å². The Hall–Kier alpha value is -1.16. The Labute approximate surface area is 105 Å². The van der Waals surface area contributed by atoms with Crippen molar-refractivity contribution in [1.29, 1.82) is 0 Å². The molecule has 0 fully saturated rings. The van der Waals surface area contributed by atoms with Crippen LogP contribution in [0.25, 0.3) is 10.9 Å². The number of aliphatic hydroxyl groups is 1. The van der Waals surface area contributed by atoms with Crippen LogP contribution in [0.4, 0.5) is 0 Å². The van der Waals surface area contributed by atoms with Crippen molar-refractivity contribution in [2.45, 2.75) is 13.5 Å². The topological polar surface area (TPSA) is 45.2 Å². The maximum absolute atomic E-state index is 8.71. The highest BCUT2D eigenvalue weighted by Crippen LogP contribution is 2.21. The molecule has 1 aromatic carbocycles. The van der Waals surface area contributed by atoms with Crippen molar-refractivity contribution in [3.05, 3.63) is 40.5 Å². The van der Waals surface area contributed by atoms with Gasteiger partial charge in [-0.25, -0.2) is 4.98 Å². The SMILES string of the molecule is Cc1ccc2nc(Cl)c(CNCCO)cc2c1. The number of pyridine rings is 1. The van der Waals surface area contributed by atoms with Crippen molar-refractivity contribution >= 4 is 22.5 Å². The summed E-state index contributed by atoms with van der Waals surface area (Å²) in [4.78, 5) is 4.36. The summed E-state index contributed by atoms with van der Waals surface area (Å²) in [6.45, 7) is 3.36. The van der Waals surface area contributed by atoms with Gasteiger partial charge in [-0.3, -0.25) is 0 Å². The van der Waals surface area contributed by atoms with Gasteiger partial charge in [-0.1, -0.05) is 23.2 Å². The van der Waals surface area contributed by atoms with Crippen LogP contribution in [0, 0.1) is 6.92 Å². The molecule has 2 aromatic rings. The summed E-state index contributed by atoms with van der Waals surface area (Å²) in [5.41, 5.74) is 3.07. The van der Waals surface area contributed by atoms with Gasteiger partial charge >= 0.3 is 0 Å². The first-order valence-electron chi connectivity index (χ1n) is 5.58. The van der Waals surface area contributed by atoms with Crippen LogP contribution in [-0.4, -0.2) is 23.2 Å². The molecule has 1 aromatic heterocycles. The molecule has 1 heterocycles. The average Bonchev–Trinajstić information content (AvgIpc) is 2.31. The lowest BCUT2D eigenvalue weighted by Crippen LogP contribution is -2.17. The minimum atomic E-state index is 0.123. The van der Waals surface area contributed by atoms with Crippen molar-refractivity contribution in [2.75, 3.05) is 13.2 Å². The lowest BCUT2D eigenvalue weighted by Gasteiger charge is -2.07. The largest absolute Gasteiger partial charge is 0.395 e. The molecule has 0 bridgehead atoms. The predicted molar refractivity (Wildman–Crippen MR) is 70.3 cm³/mol. The number of rotatable bonds is 4. The zero-order valence-corrected chi connectivity index (χ0v) is 10.5. The Morgan fingerprint density at radius 1 is 1.35 bits per heavy atom. The Kier molecular flexibility index (Phi) is 3.94. The van der Waals surface area contributed by atoms with E-state index in [-0.39, 0.29) is 6.61 Å². The summed E-state index contributed by atoms with van der Waals surface area (Å²) in [6.07, 6.45) is 0. The molecule has 4 heteroatoms. The molecule has 0 saturated carbocycles. The molecule has 0 radical (unpaired) electrons. The second-order valence-corrected chi connectivity index (χ2v) is 4.39. The third-order valence-corrected chi connectivity index (χ3v) is 2.93. The number of halogens is 1. The van der Waals surface area contributed by atoms with Crippen LogP contribution in [0.1, 0.15) is 11.1 Å². The standard InChI is InChI=1S/C13H15ClN2O/c1-9-2-3-12-10(6-9)7-11(13(14)16-12)8-15-4-5-17/h2-3,6-7,15,17H,4-5,8H2,1H3. The molecule has 17 heavy (non-hydrogen) atoms. The van der Waals surface area contributed by atoms with Crippen LogP contribution in [0.5, 0.6) is 0 Å². The van der Waals surface area contributed by atoms with E-state index in [0.29, 0.717) is 18.2 Å². The highest BCUT2D eigenvalue weighted by Gasteiger charge is 2.04. The van der Waals surface area contributed by atoms with Gasteiger partial charge in [0.2, 0.25) is 0 Å². The first-order valence-corrected chi connectivity index (χ1v) is 5.96. The van der Waals surface area contributed by atoms with Crippen molar-refractivity contribution in [2.24, 2.45) is 0 Å². The summed E-state index contributed by atoms with van der Waals surface area (Å²) in [6, 6.07) is 8.13. The van der Waals surface area contributed by atoms with E-state index in [4.69, 9.17) is 16.7 Å². The molecule has 0 spiro atoms. The molecule has 0 atom stereocenters. The van der Waals surface area contributed by atoms with Gasteiger partial charge in [0, 0.05) is 24.0 Å². The average molecular weight is 251 g/mol. The van der Waals surface area contributed by atoms with Gasteiger partial charge in [0.15, 0.2) is 0 Å². The molecule has 0 unspecified atom stereocenters. The van der Waals surface area contributed by atoms with Gasteiger partial charge in [-0.15, -0.1) is 0 Å². The molecule has 0 aliphatic rings. The quantitative estimate of drug-likeness (QED) is 0.646. The van der Waals surface area contributed by atoms with Gasteiger partial charge in [0.25, 0.3) is 0 Å². The Morgan fingerprint density at radius 2 is 2.18 bits per heavy atom. The maximum atomic E-state index is 8.71. The van der Waals surface area contributed by atoms with Gasteiger partial charge in [0.05, 0.1) is 12.1 Å². The van der Waals surface area contributed by atoms with Crippen molar-refractivity contribution in [1.82, 2.24) is 10.3 Å². The minimum Gasteiger partial charge on any atom is -0.395 e. The number of aryl methyl sites for hydroxylation is 1. The van der Waals surface area contributed by atoms with Crippen molar-refractivity contribution in [3.63, 3.8) is 0 Å². The number of aliphatic hydroxyl groups excluding tert-OH is 1. The lowest BCUT2D eigenvalue weighted by atomic mass is 10.1. The number of aromatic nitrogens is 1. The second-order valence-electron chi connectivity index (χ2n) is 4.03. The number of nitrogens with one attached hydrogen (secondary N) is 1. The van der Waals surface area contributed by atoms with E-state index in [1.54, 1.807) is 0 Å². The van der Waals surface area contributed by atoms with Crippen molar-refractivity contribution in [3.8, 4) is 0 Å². The van der Waals surface area contributed by atoms with E-state index in [2.05, 4.69) is 23.3 Å². The van der Waals surface area contributed by atoms with Crippen LogP contribution in [0.15, 0.2) is 24.3 Å². The molecule has 3 nitrogen and oxygen atoms in total. The molecular formula is C13H15ClN2O. The van der Waals surface area contributed by atoms with E-state index >= 15 is 0 Å². The predicted octanol–water partition coefficient (Wildman–Crippen LogP) is 2.28. The summed E-state index contributed by atoms with van der Waals surface area (Å²) >= 11 is 6.11. The first kappa shape index (κ1) is 12.3. The van der Waals surface area contributed by atoms with E-state index in [1.807, 2.05) is 18.2 Å². The van der Waals surface area contributed by atoms with Gasteiger partial charge in [-0.2, -0.15) is 0 Å². The first-order chi connectivity index (χ1) is 8.20. The normalized spacial score (nSPS) is 11.0. The molecule has 0 amide bonds. The highest BCUT2D eigenvalue weighted by molar-refractivity contribution is 6.30. The third kappa shape index (κ3) is 2.94. The second kappa shape index (κ2) is 5.45. The fourth-order valence-corrected chi connectivity index (χ4v) is 1.95. The highest BCUT2D eigenvalue weighted by atomic mass is 35.5. The zero-order chi connectivity index (χ0) is 12.3. The van der Waals surface area contributed by atoms with Gasteiger partial charge < -0.3 is 10.4 Å². The number of benzene rings is 1. The van der Waals surface area contributed by atoms with E-state index < -0.39 is 0 Å². The lowest BCUT2D eigenvalue weighted by molar-refractivity contribution is 0.292. The fourth-order valence-electron chi connectivity index (χ4n) is 1.74. The van der Waals surface area contributed by atoms with Crippen LogP contribution in [0.2, 0.25) is 5.15 Å². The Balaban J connectivity index is 2.32. The number of hydrogen-bond donors (Lipinski definition) is 2. The molecular weight excluding hydrogens is 236 g/mol. The van der Waals surface area contributed by atoms with E-state index in [1.165, 1.54) is 5.56 Å². The van der Waals surface area contributed by atoms with Gasteiger partial charge in [-0.05, 0) is 25.1 Å². The van der Waals surface area contributed by atoms with Gasteiger partial charge in [0.1, 0.15) is 5.15 Å². The zero-order valence-electron chi connectivity index (χ0n) is 9.70. The number of fused-ring (bicyclic) bond motifs is 1. The summed E-state index contributed by atoms with van der Waals surface area (Å²) in [5, 5.41) is 13.4. The van der Waals surface area contributed by atoms with Crippen LogP contribution in [-0.2, 0) is 6.54 Å². The minimum absolute atomic E-state index is 0.123. The Bertz CT molecular complexity index is 528. The molecule has 2 N–H and O–H groups in total. The molecule has 2 rings (SSSR count). The smallest absolute Gasteiger partial charge is 0.134 e. The van der Waals surface area contributed by atoms with Crippen molar-refractivity contribution < 1.29 is 5.11 Å². The fraction of sp³-hybridized carbons (Fsp3) is 0.308. The number of hydrogen-bond acceptors (Lipinski definition) is 3. The molecule has 0 saturated heterocycles. The van der Waals surface area contributed by atoms with Crippen LogP contribution < -0.4 is 5.32 Å². The molecule has 0 aliphatic carbocycles. The van der Waals surface area contributed by atoms with Crippen LogP contribution >= 0.6 is 11.6 Å². The maximum Gasteiger partial charge on any atom is 0.134 e.